The van der Waals surface area contributed by atoms with Gasteiger partial charge in [-0.1, -0.05) is 65.8 Å². The Labute approximate surface area is 206 Å². The number of ether oxygens (including phenoxy) is 1. The van der Waals surface area contributed by atoms with Gasteiger partial charge in [0.2, 0.25) is 6.54 Å². The number of aryl methyl sites for hydroxylation is 2. The number of halogens is 1. The second-order valence-electron chi connectivity index (χ2n) is 7.78. The molecule has 1 atom stereocenters. The fraction of sp³-hybridized carbons (Fsp3) is 0.200. The Morgan fingerprint density at radius 3 is 2.56 bits per heavy atom. The summed E-state index contributed by atoms with van der Waals surface area (Å²) in [7, 11) is 0. The van der Waals surface area contributed by atoms with Crippen LogP contribution in [0.1, 0.15) is 27.8 Å². The molecule has 7 nitrogen and oxygen atoms in total. The van der Waals surface area contributed by atoms with Crippen molar-refractivity contribution in [2.45, 2.75) is 30.9 Å². The van der Waals surface area contributed by atoms with E-state index in [4.69, 9.17) is 16.3 Å². The molecule has 0 saturated heterocycles. The summed E-state index contributed by atoms with van der Waals surface area (Å²) >= 11 is 7.27. The molecule has 1 heterocycles. The lowest BCUT2D eigenvalue weighted by Gasteiger charge is -2.18. The van der Waals surface area contributed by atoms with E-state index in [0.29, 0.717) is 28.4 Å². The van der Waals surface area contributed by atoms with Crippen molar-refractivity contribution >= 4 is 23.4 Å². The number of hydrogen-bond acceptors (Lipinski definition) is 6. The lowest BCUT2D eigenvalue weighted by atomic mass is 10.1. The Morgan fingerprint density at radius 1 is 1.06 bits per heavy atom. The molecule has 0 saturated carbocycles. The molecule has 4 rings (SSSR count). The fourth-order valence-corrected chi connectivity index (χ4v) is 4.89. The second kappa shape index (κ2) is 10.7. The number of nitrogens with zero attached hydrogens (tertiary/aromatic N) is 4. The molecule has 3 aromatic carbocycles. The van der Waals surface area contributed by atoms with Gasteiger partial charge in [0.25, 0.3) is 0 Å². The van der Waals surface area contributed by atoms with Gasteiger partial charge in [0.1, 0.15) is 23.4 Å². The van der Waals surface area contributed by atoms with Gasteiger partial charge >= 0.3 is 0 Å². The van der Waals surface area contributed by atoms with Crippen molar-refractivity contribution in [3.8, 4) is 11.4 Å². The minimum absolute atomic E-state index is 0.286. The van der Waals surface area contributed by atoms with Crippen LogP contribution in [-0.4, -0.2) is 26.2 Å². The Morgan fingerprint density at radius 2 is 1.82 bits per heavy atom. The summed E-state index contributed by atoms with van der Waals surface area (Å²) in [6.07, 6.45) is 0. The molecule has 0 amide bonds. The predicted octanol–water partition coefficient (Wildman–Crippen LogP) is 6.23. The van der Waals surface area contributed by atoms with Crippen molar-refractivity contribution < 1.29 is 9.66 Å². The number of nitro groups is 1. The first kappa shape index (κ1) is 23.8. The Bertz CT molecular complexity index is 1290. The lowest BCUT2D eigenvalue weighted by molar-refractivity contribution is -0.479. The lowest BCUT2D eigenvalue weighted by Crippen LogP contribution is -2.12. The van der Waals surface area contributed by atoms with Gasteiger partial charge < -0.3 is 4.74 Å². The van der Waals surface area contributed by atoms with Gasteiger partial charge in [-0.15, -0.1) is 10.2 Å². The number of thioether (sulfide) groups is 1. The molecular formula is C25H23ClN4O3S. The van der Waals surface area contributed by atoms with E-state index in [1.54, 1.807) is 12.1 Å². The highest BCUT2D eigenvalue weighted by molar-refractivity contribution is 7.99. The summed E-state index contributed by atoms with van der Waals surface area (Å²) in [6.45, 7) is 3.92. The van der Waals surface area contributed by atoms with Gasteiger partial charge in [-0.25, -0.2) is 0 Å². The standard InChI is InChI=1S/C25H23ClN4O3S/c1-17-6-5-7-21(14-17)30-18(2)27-28-25(30)34-24(15-29(31)32)22-8-3-4-9-23(22)33-16-19-10-12-20(26)13-11-19/h3-14,24H,15-16H2,1-2H3/t24-/m1/s1. The highest BCUT2D eigenvalue weighted by Gasteiger charge is 2.26. The molecule has 0 spiro atoms. The van der Waals surface area contributed by atoms with Crippen LogP contribution in [-0.2, 0) is 6.61 Å². The van der Waals surface area contributed by atoms with Gasteiger partial charge in [0, 0.05) is 21.2 Å². The van der Waals surface area contributed by atoms with E-state index in [2.05, 4.69) is 10.2 Å². The molecule has 0 aliphatic heterocycles. The second-order valence-corrected chi connectivity index (χ2v) is 9.39. The van der Waals surface area contributed by atoms with E-state index in [1.165, 1.54) is 11.8 Å². The van der Waals surface area contributed by atoms with E-state index in [0.717, 1.165) is 22.4 Å². The molecule has 0 unspecified atom stereocenters. The third kappa shape index (κ3) is 5.76. The first-order chi connectivity index (χ1) is 16.4. The summed E-state index contributed by atoms with van der Waals surface area (Å²) in [5.74, 6) is 1.30. The Kier molecular flexibility index (Phi) is 7.49. The monoisotopic (exact) mass is 494 g/mol. The van der Waals surface area contributed by atoms with Crippen LogP contribution in [0.4, 0.5) is 0 Å². The maximum atomic E-state index is 11.6. The molecule has 0 aliphatic rings. The number of rotatable bonds is 9. The Hall–Kier alpha value is -3.36. The van der Waals surface area contributed by atoms with Crippen LogP contribution in [0.3, 0.4) is 0 Å². The zero-order chi connectivity index (χ0) is 24.1. The van der Waals surface area contributed by atoms with Crippen molar-refractivity contribution in [3.63, 3.8) is 0 Å². The van der Waals surface area contributed by atoms with Crippen molar-refractivity contribution in [2.24, 2.45) is 0 Å². The first-order valence-electron chi connectivity index (χ1n) is 10.6. The van der Waals surface area contributed by atoms with Crippen molar-refractivity contribution in [1.29, 1.82) is 0 Å². The van der Waals surface area contributed by atoms with Crippen LogP contribution >= 0.6 is 23.4 Å². The summed E-state index contributed by atoms with van der Waals surface area (Å²) in [5, 5.41) is 20.9. The van der Waals surface area contributed by atoms with E-state index in [-0.39, 0.29) is 11.5 Å². The average molecular weight is 495 g/mol. The van der Waals surface area contributed by atoms with Crippen LogP contribution in [0.25, 0.3) is 5.69 Å². The van der Waals surface area contributed by atoms with Crippen LogP contribution in [0.5, 0.6) is 5.75 Å². The minimum atomic E-state index is -0.524. The van der Waals surface area contributed by atoms with Gasteiger partial charge in [-0.05, 0) is 55.3 Å². The zero-order valence-corrected chi connectivity index (χ0v) is 20.3. The molecule has 34 heavy (non-hydrogen) atoms. The van der Waals surface area contributed by atoms with E-state index < -0.39 is 5.25 Å². The highest BCUT2D eigenvalue weighted by Crippen LogP contribution is 2.40. The topological polar surface area (TPSA) is 83.1 Å². The fourth-order valence-electron chi connectivity index (χ4n) is 3.57. The third-order valence-corrected chi connectivity index (χ3v) is 6.61. The maximum Gasteiger partial charge on any atom is 0.220 e. The van der Waals surface area contributed by atoms with Gasteiger partial charge in [0.05, 0.1) is 0 Å². The molecule has 0 fully saturated rings. The van der Waals surface area contributed by atoms with Crippen molar-refractivity contribution in [3.05, 3.63) is 110 Å². The number of para-hydroxylation sites is 1. The average Bonchev–Trinajstić information content (AvgIpc) is 3.18. The molecule has 174 valence electrons. The van der Waals surface area contributed by atoms with Crippen molar-refractivity contribution in [2.75, 3.05) is 6.54 Å². The molecule has 4 aromatic rings. The zero-order valence-electron chi connectivity index (χ0n) is 18.7. The van der Waals surface area contributed by atoms with Gasteiger partial charge in [-0.3, -0.25) is 14.7 Å². The predicted molar refractivity (Wildman–Crippen MR) is 134 cm³/mol. The van der Waals surface area contributed by atoms with Gasteiger partial charge in [-0.2, -0.15) is 0 Å². The normalized spacial score (nSPS) is 11.9. The van der Waals surface area contributed by atoms with Gasteiger partial charge in [0.15, 0.2) is 5.16 Å². The third-order valence-electron chi connectivity index (χ3n) is 5.19. The summed E-state index contributed by atoms with van der Waals surface area (Å²) in [4.78, 5) is 11.3. The van der Waals surface area contributed by atoms with Crippen LogP contribution in [0.2, 0.25) is 5.02 Å². The Balaban J connectivity index is 1.64. The SMILES string of the molecule is Cc1cccc(-n2c(C)nnc2S[C@H](C[N+](=O)[O-])c2ccccc2OCc2ccc(Cl)cc2)c1. The number of aromatic nitrogens is 3. The number of benzene rings is 3. The largest absolute Gasteiger partial charge is 0.489 e. The molecule has 1 aromatic heterocycles. The summed E-state index contributed by atoms with van der Waals surface area (Å²) in [5.41, 5.74) is 3.70. The smallest absolute Gasteiger partial charge is 0.220 e. The van der Waals surface area contributed by atoms with Crippen LogP contribution in [0.15, 0.2) is 78.0 Å². The molecule has 0 bridgehead atoms. The van der Waals surface area contributed by atoms with Crippen molar-refractivity contribution in [1.82, 2.24) is 14.8 Å². The van der Waals surface area contributed by atoms with Crippen LogP contribution in [0, 0.1) is 24.0 Å². The molecule has 9 heteroatoms. The van der Waals surface area contributed by atoms with E-state index in [9.17, 15) is 10.1 Å². The number of hydrogen-bond donors (Lipinski definition) is 0. The van der Waals surface area contributed by atoms with E-state index >= 15 is 0 Å². The molecule has 0 radical (unpaired) electrons. The first-order valence-corrected chi connectivity index (χ1v) is 11.9. The minimum Gasteiger partial charge on any atom is -0.489 e. The molecular weight excluding hydrogens is 472 g/mol. The summed E-state index contributed by atoms with van der Waals surface area (Å²) in [6, 6.07) is 22.8. The van der Waals surface area contributed by atoms with E-state index in [1.807, 2.05) is 79.1 Å². The summed E-state index contributed by atoms with van der Waals surface area (Å²) < 4.78 is 8.00. The van der Waals surface area contributed by atoms with Crippen LogP contribution < -0.4 is 4.74 Å². The quantitative estimate of drug-likeness (QED) is 0.156. The molecule has 0 aliphatic carbocycles. The molecule has 0 N–H and O–H groups in total. The highest BCUT2D eigenvalue weighted by atomic mass is 35.5. The maximum absolute atomic E-state index is 11.6.